The van der Waals surface area contributed by atoms with Gasteiger partial charge in [-0.25, -0.2) is 4.98 Å². The van der Waals surface area contributed by atoms with Crippen LogP contribution in [0.1, 0.15) is 13.3 Å². The summed E-state index contributed by atoms with van der Waals surface area (Å²) in [5.74, 6) is 0.399. The number of halogens is 1. The van der Waals surface area contributed by atoms with E-state index in [1.807, 2.05) is 37.3 Å². The van der Waals surface area contributed by atoms with Crippen LogP contribution in [0, 0.1) is 0 Å². The van der Waals surface area contributed by atoms with E-state index in [4.69, 9.17) is 17.3 Å². The van der Waals surface area contributed by atoms with Crippen molar-refractivity contribution in [3.63, 3.8) is 0 Å². The number of benzene rings is 1. The van der Waals surface area contributed by atoms with Crippen molar-refractivity contribution in [2.75, 3.05) is 11.1 Å². The minimum Gasteiger partial charge on any atom is -0.385 e. The van der Waals surface area contributed by atoms with Crippen molar-refractivity contribution in [2.24, 2.45) is 0 Å². The molecule has 3 rings (SSSR count). The van der Waals surface area contributed by atoms with Gasteiger partial charge in [-0.05, 0) is 30.7 Å². The van der Waals surface area contributed by atoms with Gasteiger partial charge in [0.05, 0.1) is 10.3 Å². The molecule has 0 saturated heterocycles. The summed E-state index contributed by atoms with van der Waals surface area (Å²) in [7, 11) is 0. The molecule has 28 heavy (non-hydrogen) atoms. The van der Waals surface area contributed by atoms with Crippen LogP contribution in [0.3, 0.4) is 0 Å². The zero-order chi connectivity index (χ0) is 20.1. The molecule has 0 bridgehead atoms. The number of nitrogen functional groups attached to an aromatic ring is 1. The molecule has 1 amide bonds. The van der Waals surface area contributed by atoms with E-state index in [0.717, 1.165) is 5.69 Å². The zero-order valence-corrected chi connectivity index (χ0v) is 16.6. The lowest BCUT2D eigenvalue weighted by Gasteiger charge is -2.18. The minimum atomic E-state index is -0.499. The Hall–Kier alpha value is -2.84. The molecular formula is C19H18ClN5O2S. The predicted octanol–water partition coefficient (Wildman–Crippen LogP) is 3.37. The third kappa shape index (κ3) is 4.71. The Morgan fingerprint density at radius 1 is 1.29 bits per heavy atom. The van der Waals surface area contributed by atoms with Gasteiger partial charge >= 0.3 is 0 Å². The maximum absolute atomic E-state index is 12.7. The summed E-state index contributed by atoms with van der Waals surface area (Å²) in [4.78, 5) is 32.8. The Morgan fingerprint density at radius 3 is 2.68 bits per heavy atom. The second kappa shape index (κ2) is 8.90. The van der Waals surface area contributed by atoms with Crippen LogP contribution in [0.2, 0.25) is 5.02 Å². The van der Waals surface area contributed by atoms with Crippen molar-refractivity contribution in [1.29, 1.82) is 0 Å². The van der Waals surface area contributed by atoms with Gasteiger partial charge in [0.2, 0.25) is 5.91 Å². The first kappa shape index (κ1) is 19.9. The van der Waals surface area contributed by atoms with Gasteiger partial charge in [0.15, 0.2) is 5.16 Å². The maximum atomic E-state index is 12.7. The standard InChI is InChI=1S/C19H18ClN5O2S/c1-2-14(18(27)23-16-9-8-12(20)11-22-16)28-19-24-17(26)10-15(21)25(19)13-6-4-3-5-7-13/h3-11,14H,2,21H2,1H3,(H,22,23,27)/t14-/m0/s1. The van der Waals surface area contributed by atoms with Crippen LogP contribution in [0.15, 0.2) is 64.7 Å². The van der Waals surface area contributed by atoms with Gasteiger partial charge < -0.3 is 11.1 Å². The first-order valence-electron chi connectivity index (χ1n) is 8.52. The first-order chi connectivity index (χ1) is 13.5. The highest BCUT2D eigenvalue weighted by atomic mass is 35.5. The van der Waals surface area contributed by atoms with E-state index in [1.54, 1.807) is 16.7 Å². The lowest BCUT2D eigenvalue weighted by Crippen LogP contribution is -2.26. The van der Waals surface area contributed by atoms with Crippen LogP contribution in [-0.4, -0.2) is 25.7 Å². The van der Waals surface area contributed by atoms with E-state index in [0.29, 0.717) is 22.4 Å². The molecule has 2 aromatic heterocycles. The van der Waals surface area contributed by atoms with Crippen LogP contribution >= 0.6 is 23.4 Å². The van der Waals surface area contributed by atoms with Crippen molar-refractivity contribution in [3.8, 4) is 5.69 Å². The molecule has 0 aliphatic heterocycles. The second-order valence-electron chi connectivity index (χ2n) is 5.84. The summed E-state index contributed by atoms with van der Waals surface area (Å²) >= 11 is 6.99. The van der Waals surface area contributed by atoms with Crippen LogP contribution in [0.5, 0.6) is 0 Å². The summed E-state index contributed by atoms with van der Waals surface area (Å²) in [6.45, 7) is 1.88. The number of carbonyl (C=O) groups excluding carboxylic acids is 1. The van der Waals surface area contributed by atoms with Crippen molar-refractivity contribution in [2.45, 2.75) is 23.8 Å². The molecule has 0 aliphatic rings. The number of anilines is 2. The van der Waals surface area contributed by atoms with Crippen LogP contribution < -0.4 is 16.6 Å². The Labute approximate surface area is 171 Å². The maximum Gasteiger partial charge on any atom is 0.275 e. The predicted molar refractivity (Wildman–Crippen MR) is 112 cm³/mol. The Kier molecular flexibility index (Phi) is 6.33. The molecule has 0 spiro atoms. The molecule has 9 heteroatoms. The van der Waals surface area contributed by atoms with Crippen molar-refractivity contribution in [3.05, 3.63) is 70.1 Å². The average molecular weight is 416 g/mol. The van der Waals surface area contributed by atoms with E-state index in [2.05, 4.69) is 15.3 Å². The van der Waals surface area contributed by atoms with E-state index < -0.39 is 10.8 Å². The van der Waals surface area contributed by atoms with Crippen LogP contribution in [0.25, 0.3) is 5.69 Å². The highest BCUT2D eigenvalue weighted by Crippen LogP contribution is 2.28. The lowest BCUT2D eigenvalue weighted by molar-refractivity contribution is -0.115. The van der Waals surface area contributed by atoms with Gasteiger partial charge in [-0.15, -0.1) is 0 Å². The van der Waals surface area contributed by atoms with Crippen molar-refractivity contribution < 1.29 is 4.79 Å². The van der Waals surface area contributed by atoms with Gasteiger partial charge in [0.1, 0.15) is 11.6 Å². The Bertz CT molecular complexity index is 1020. The number of nitrogens with zero attached hydrogens (tertiary/aromatic N) is 3. The normalized spacial score (nSPS) is 11.8. The number of rotatable bonds is 6. The van der Waals surface area contributed by atoms with Gasteiger partial charge in [-0.2, -0.15) is 4.98 Å². The van der Waals surface area contributed by atoms with Gasteiger partial charge in [-0.1, -0.05) is 48.5 Å². The third-order valence-corrected chi connectivity index (χ3v) is 5.37. The highest BCUT2D eigenvalue weighted by Gasteiger charge is 2.22. The second-order valence-corrected chi connectivity index (χ2v) is 7.44. The van der Waals surface area contributed by atoms with Gasteiger partial charge in [0.25, 0.3) is 5.56 Å². The molecule has 7 nitrogen and oxygen atoms in total. The Morgan fingerprint density at radius 2 is 2.04 bits per heavy atom. The molecule has 0 unspecified atom stereocenters. The fraction of sp³-hybridized carbons (Fsp3) is 0.158. The van der Waals surface area contributed by atoms with Gasteiger partial charge in [-0.3, -0.25) is 14.2 Å². The summed E-state index contributed by atoms with van der Waals surface area (Å²) in [6, 6.07) is 13.8. The van der Waals surface area contributed by atoms with Crippen LogP contribution in [-0.2, 0) is 4.79 Å². The summed E-state index contributed by atoms with van der Waals surface area (Å²) in [6.07, 6.45) is 1.97. The zero-order valence-electron chi connectivity index (χ0n) is 15.0. The summed E-state index contributed by atoms with van der Waals surface area (Å²) in [5.41, 5.74) is 6.37. The fourth-order valence-electron chi connectivity index (χ4n) is 2.50. The number of amides is 1. The number of aromatic nitrogens is 3. The smallest absolute Gasteiger partial charge is 0.275 e. The molecule has 3 N–H and O–H groups in total. The number of thioether (sulfide) groups is 1. The molecule has 0 aliphatic carbocycles. The molecule has 2 heterocycles. The molecule has 1 aromatic carbocycles. The monoisotopic (exact) mass is 415 g/mol. The Balaban J connectivity index is 1.89. The van der Waals surface area contributed by atoms with E-state index in [-0.39, 0.29) is 11.7 Å². The third-order valence-electron chi connectivity index (χ3n) is 3.83. The number of hydrogen-bond acceptors (Lipinski definition) is 6. The topological polar surface area (TPSA) is 103 Å². The molecule has 0 radical (unpaired) electrons. The van der Waals surface area contributed by atoms with E-state index in [9.17, 15) is 9.59 Å². The van der Waals surface area contributed by atoms with E-state index in [1.165, 1.54) is 24.0 Å². The quantitative estimate of drug-likeness (QED) is 0.472. The molecule has 0 fully saturated rings. The molecular weight excluding hydrogens is 398 g/mol. The molecule has 0 saturated carbocycles. The SMILES string of the molecule is CC[C@H](Sc1nc(=O)cc(N)n1-c1ccccc1)C(=O)Nc1ccc(Cl)cn1. The van der Waals surface area contributed by atoms with Gasteiger partial charge in [0, 0.05) is 18.0 Å². The number of para-hydroxylation sites is 1. The lowest BCUT2D eigenvalue weighted by atomic mass is 10.3. The van der Waals surface area contributed by atoms with E-state index >= 15 is 0 Å². The number of carbonyl (C=O) groups is 1. The minimum absolute atomic E-state index is 0.251. The molecule has 1 atom stereocenters. The number of hydrogen-bond donors (Lipinski definition) is 2. The molecule has 144 valence electrons. The number of nitrogens with one attached hydrogen (secondary N) is 1. The summed E-state index contributed by atoms with van der Waals surface area (Å²) < 4.78 is 1.66. The largest absolute Gasteiger partial charge is 0.385 e. The van der Waals surface area contributed by atoms with Crippen LogP contribution in [0.4, 0.5) is 11.6 Å². The first-order valence-corrected chi connectivity index (χ1v) is 9.77. The average Bonchev–Trinajstić information content (AvgIpc) is 2.68. The number of pyridine rings is 1. The summed E-state index contributed by atoms with van der Waals surface area (Å²) in [5, 5.41) is 3.09. The highest BCUT2D eigenvalue weighted by molar-refractivity contribution is 8.00. The number of nitrogens with two attached hydrogens (primary N) is 1. The van der Waals surface area contributed by atoms with Crippen molar-refractivity contribution >= 4 is 40.9 Å². The van der Waals surface area contributed by atoms with Crippen molar-refractivity contribution in [1.82, 2.24) is 14.5 Å². The fourth-order valence-corrected chi connectivity index (χ4v) is 3.66. The molecule has 3 aromatic rings.